The number of primary amides is 1. The van der Waals surface area contributed by atoms with E-state index in [1.165, 1.54) is 29.8 Å². The van der Waals surface area contributed by atoms with Gasteiger partial charge in [-0.3, -0.25) is 9.59 Å². The molecule has 3 rings (SSSR count). The van der Waals surface area contributed by atoms with Gasteiger partial charge in [0.25, 0.3) is 5.91 Å². The second-order valence-corrected chi connectivity index (χ2v) is 7.25. The first-order chi connectivity index (χ1) is 12.1. The number of benzene rings is 1. The predicted octanol–water partition coefficient (Wildman–Crippen LogP) is 0.396. The molecule has 25 heavy (non-hydrogen) atoms. The summed E-state index contributed by atoms with van der Waals surface area (Å²) in [6.07, 6.45) is 5.40. The molecule has 2 saturated heterocycles. The Kier molecular flexibility index (Phi) is 5.91. The van der Waals surface area contributed by atoms with Crippen molar-refractivity contribution in [3.63, 3.8) is 0 Å². The average molecular weight is 345 g/mol. The van der Waals surface area contributed by atoms with E-state index >= 15 is 0 Å². The van der Waals surface area contributed by atoms with Crippen LogP contribution in [0.3, 0.4) is 0 Å². The fourth-order valence-corrected chi connectivity index (χ4v) is 3.83. The van der Waals surface area contributed by atoms with E-state index in [-0.39, 0.29) is 17.7 Å². The van der Waals surface area contributed by atoms with Gasteiger partial charge in [-0.2, -0.15) is 0 Å². The van der Waals surface area contributed by atoms with Crippen molar-refractivity contribution in [1.82, 2.24) is 0 Å². The molecule has 0 unspecified atom stereocenters. The fraction of sp³-hybridized carbons (Fsp3) is 0.579. The number of nitrogens with zero attached hydrogens (tertiary/aromatic N) is 1. The molecule has 0 aromatic heterocycles. The number of nitrogens with two attached hydrogens (primary N) is 1. The molecule has 0 saturated carbocycles. The zero-order valence-electron chi connectivity index (χ0n) is 14.8. The van der Waals surface area contributed by atoms with Crippen LogP contribution in [0.25, 0.3) is 0 Å². The van der Waals surface area contributed by atoms with Crippen LogP contribution in [0.4, 0.5) is 11.4 Å². The highest BCUT2D eigenvalue weighted by molar-refractivity contribution is 5.91. The minimum Gasteiger partial charge on any atom is -0.372 e. The maximum Gasteiger partial charge on any atom is 0.279 e. The largest absolute Gasteiger partial charge is 0.372 e. The van der Waals surface area contributed by atoms with Crippen LogP contribution in [-0.4, -0.2) is 44.5 Å². The van der Waals surface area contributed by atoms with Crippen LogP contribution in [0.2, 0.25) is 0 Å². The normalized spacial score (nSPS) is 23.9. The molecular formula is C19H29N4O2+. The summed E-state index contributed by atoms with van der Waals surface area (Å²) in [4.78, 5) is 27.1. The first kappa shape index (κ1) is 17.7. The molecule has 6 heteroatoms. The third-order valence-electron chi connectivity index (χ3n) is 5.38. The molecule has 2 aliphatic heterocycles. The molecule has 6 nitrogen and oxygen atoms in total. The van der Waals surface area contributed by atoms with Gasteiger partial charge in [-0.25, -0.2) is 0 Å². The van der Waals surface area contributed by atoms with Crippen molar-refractivity contribution >= 4 is 23.2 Å². The van der Waals surface area contributed by atoms with Crippen molar-refractivity contribution in [3.8, 4) is 0 Å². The summed E-state index contributed by atoms with van der Waals surface area (Å²) in [5.74, 6) is -0.204. The minimum absolute atomic E-state index is 0.0193. The average Bonchev–Trinajstić information content (AvgIpc) is 2.63. The Labute approximate surface area is 149 Å². The number of likely N-dealkylation sites (tertiary alicyclic amines) is 1. The molecule has 1 aromatic carbocycles. The number of rotatable bonds is 5. The number of anilines is 2. The quantitative estimate of drug-likeness (QED) is 0.722. The lowest BCUT2D eigenvalue weighted by atomic mass is 9.96. The SMILES string of the molecule is NC(=O)C1CC[NH+](CC(=O)Nc2ccc(N3CCCCC3)cc2)CC1. The standard InChI is InChI=1S/C19H28N4O2/c20-19(25)15-8-12-22(13-9-15)14-18(24)21-16-4-6-17(7-5-16)23-10-2-1-3-11-23/h4-7,15H,1-3,8-14H2,(H2,20,25)(H,21,24)/p+1. The molecule has 0 spiro atoms. The molecule has 0 radical (unpaired) electrons. The van der Waals surface area contributed by atoms with Gasteiger partial charge in [-0.05, 0) is 43.5 Å². The van der Waals surface area contributed by atoms with Crippen LogP contribution >= 0.6 is 0 Å². The van der Waals surface area contributed by atoms with Crippen LogP contribution in [0.15, 0.2) is 24.3 Å². The van der Waals surface area contributed by atoms with E-state index in [0.717, 1.165) is 44.7 Å². The lowest BCUT2D eigenvalue weighted by Gasteiger charge is -2.29. The second kappa shape index (κ2) is 8.34. The van der Waals surface area contributed by atoms with E-state index in [4.69, 9.17) is 5.73 Å². The molecule has 1 aromatic rings. The molecule has 0 bridgehead atoms. The Hall–Kier alpha value is -2.08. The number of quaternary nitrogens is 1. The fourth-order valence-electron chi connectivity index (χ4n) is 3.83. The van der Waals surface area contributed by atoms with Crippen molar-refractivity contribution in [2.75, 3.05) is 42.9 Å². The number of hydrogen-bond acceptors (Lipinski definition) is 3. The maximum absolute atomic E-state index is 12.2. The maximum atomic E-state index is 12.2. The Morgan fingerprint density at radius 1 is 1.08 bits per heavy atom. The van der Waals surface area contributed by atoms with Crippen molar-refractivity contribution in [2.24, 2.45) is 11.7 Å². The Bertz CT molecular complexity index is 588. The van der Waals surface area contributed by atoms with Gasteiger partial charge in [0.2, 0.25) is 5.91 Å². The number of hydrogen-bond donors (Lipinski definition) is 3. The Morgan fingerprint density at radius 2 is 1.72 bits per heavy atom. The van der Waals surface area contributed by atoms with Gasteiger partial charge in [0.15, 0.2) is 6.54 Å². The van der Waals surface area contributed by atoms with Crippen molar-refractivity contribution in [3.05, 3.63) is 24.3 Å². The van der Waals surface area contributed by atoms with E-state index in [1.807, 2.05) is 12.1 Å². The molecule has 4 N–H and O–H groups in total. The summed E-state index contributed by atoms with van der Waals surface area (Å²) >= 11 is 0. The van der Waals surface area contributed by atoms with Gasteiger partial charge in [-0.15, -0.1) is 0 Å². The van der Waals surface area contributed by atoms with Gasteiger partial charge in [-0.1, -0.05) is 0 Å². The van der Waals surface area contributed by atoms with Gasteiger partial charge in [0, 0.05) is 43.2 Å². The summed E-state index contributed by atoms with van der Waals surface area (Å²) in [5, 5.41) is 2.98. The number of piperidine rings is 2. The molecule has 2 amide bonds. The van der Waals surface area contributed by atoms with Crippen molar-refractivity contribution in [2.45, 2.75) is 32.1 Å². The summed E-state index contributed by atoms with van der Waals surface area (Å²) in [6, 6.07) is 8.14. The number of amides is 2. The summed E-state index contributed by atoms with van der Waals surface area (Å²) in [7, 11) is 0. The molecule has 2 fully saturated rings. The highest BCUT2D eigenvalue weighted by atomic mass is 16.2. The van der Waals surface area contributed by atoms with Gasteiger partial charge in [0.1, 0.15) is 0 Å². The molecule has 0 atom stereocenters. The predicted molar refractivity (Wildman–Crippen MR) is 98.6 cm³/mol. The summed E-state index contributed by atoms with van der Waals surface area (Å²) in [6.45, 7) is 4.34. The first-order valence-corrected chi connectivity index (χ1v) is 9.39. The molecule has 2 aliphatic rings. The lowest BCUT2D eigenvalue weighted by Crippen LogP contribution is -3.14. The minimum atomic E-state index is -0.211. The van der Waals surface area contributed by atoms with Crippen LogP contribution < -0.4 is 20.9 Å². The molecule has 0 aliphatic carbocycles. The highest BCUT2D eigenvalue weighted by Crippen LogP contribution is 2.21. The Balaban J connectivity index is 1.45. The van der Waals surface area contributed by atoms with E-state index in [0.29, 0.717) is 6.54 Å². The van der Waals surface area contributed by atoms with E-state index in [1.54, 1.807) is 0 Å². The Morgan fingerprint density at radius 3 is 2.32 bits per heavy atom. The van der Waals surface area contributed by atoms with Gasteiger partial charge >= 0.3 is 0 Å². The highest BCUT2D eigenvalue weighted by Gasteiger charge is 2.27. The van der Waals surface area contributed by atoms with Gasteiger partial charge < -0.3 is 20.9 Å². The zero-order chi connectivity index (χ0) is 17.6. The van der Waals surface area contributed by atoms with Gasteiger partial charge in [0.05, 0.1) is 13.1 Å². The van der Waals surface area contributed by atoms with Crippen molar-refractivity contribution in [1.29, 1.82) is 0 Å². The number of carbonyl (C=O) groups is 2. The monoisotopic (exact) mass is 345 g/mol. The zero-order valence-corrected chi connectivity index (χ0v) is 14.8. The second-order valence-electron chi connectivity index (χ2n) is 7.25. The van der Waals surface area contributed by atoms with Crippen LogP contribution in [-0.2, 0) is 9.59 Å². The van der Waals surface area contributed by atoms with E-state index in [9.17, 15) is 9.59 Å². The molecule has 136 valence electrons. The topological polar surface area (TPSA) is 79.9 Å². The third-order valence-corrected chi connectivity index (χ3v) is 5.38. The molecular weight excluding hydrogens is 316 g/mol. The summed E-state index contributed by atoms with van der Waals surface area (Å²) in [5.41, 5.74) is 7.43. The number of carbonyl (C=O) groups excluding carboxylic acids is 2. The first-order valence-electron chi connectivity index (χ1n) is 9.39. The van der Waals surface area contributed by atoms with Crippen LogP contribution in [0, 0.1) is 5.92 Å². The third kappa shape index (κ3) is 4.95. The smallest absolute Gasteiger partial charge is 0.279 e. The molecule has 2 heterocycles. The van der Waals surface area contributed by atoms with Crippen LogP contribution in [0.1, 0.15) is 32.1 Å². The lowest BCUT2D eigenvalue weighted by molar-refractivity contribution is -0.897. The summed E-state index contributed by atoms with van der Waals surface area (Å²) < 4.78 is 0. The van der Waals surface area contributed by atoms with E-state index < -0.39 is 0 Å². The van der Waals surface area contributed by atoms with Crippen LogP contribution in [0.5, 0.6) is 0 Å². The van der Waals surface area contributed by atoms with E-state index in [2.05, 4.69) is 22.3 Å². The number of nitrogens with one attached hydrogen (secondary N) is 2. The van der Waals surface area contributed by atoms with Crippen molar-refractivity contribution < 1.29 is 14.5 Å².